The van der Waals surface area contributed by atoms with E-state index in [2.05, 4.69) is 4.98 Å². The molecule has 1 unspecified atom stereocenters. The van der Waals surface area contributed by atoms with Gasteiger partial charge in [-0.15, -0.1) is 0 Å². The Morgan fingerprint density at radius 1 is 1.29 bits per heavy atom. The lowest BCUT2D eigenvalue weighted by Gasteiger charge is -2.35. The summed E-state index contributed by atoms with van der Waals surface area (Å²) in [6, 6.07) is 1.79. The van der Waals surface area contributed by atoms with Gasteiger partial charge in [0.1, 0.15) is 11.9 Å². The molecule has 0 fully saturated rings. The lowest BCUT2D eigenvalue weighted by Crippen LogP contribution is -2.37. The molecule has 4 nitrogen and oxygen atoms in total. The van der Waals surface area contributed by atoms with Crippen molar-refractivity contribution in [1.29, 1.82) is 0 Å². The first kappa shape index (κ1) is 13.9. The molecule has 1 atom stereocenters. The zero-order valence-electron chi connectivity index (χ0n) is 10.9. The zero-order valence-corrected chi connectivity index (χ0v) is 10.9. The Balaban J connectivity index is 3.04. The van der Waals surface area contributed by atoms with E-state index in [4.69, 9.17) is 9.47 Å². The molecule has 1 heterocycles. The van der Waals surface area contributed by atoms with Crippen molar-refractivity contribution in [2.24, 2.45) is 0 Å². The third kappa shape index (κ3) is 2.76. The number of aliphatic hydroxyl groups excluding tert-OH is 1. The maximum Gasteiger partial charge on any atom is 0.137 e. The Hall–Kier alpha value is -1.13. The highest BCUT2D eigenvalue weighted by Gasteiger charge is 2.35. The van der Waals surface area contributed by atoms with Crippen LogP contribution in [-0.4, -0.2) is 29.9 Å². The summed E-state index contributed by atoms with van der Waals surface area (Å²) in [5.41, 5.74) is 0.156. The van der Waals surface area contributed by atoms with Crippen molar-refractivity contribution in [3.05, 3.63) is 24.0 Å². The van der Waals surface area contributed by atoms with Crippen LogP contribution in [0.5, 0.6) is 5.75 Å². The van der Waals surface area contributed by atoms with E-state index >= 15 is 0 Å². The minimum Gasteiger partial charge on any atom is -0.495 e. The average Bonchev–Trinajstić information content (AvgIpc) is 2.41. The lowest BCUT2D eigenvalue weighted by atomic mass is 9.86. The lowest BCUT2D eigenvalue weighted by molar-refractivity contribution is -0.110. The average molecular weight is 239 g/mol. The van der Waals surface area contributed by atoms with Gasteiger partial charge in [0.25, 0.3) is 0 Å². The van der Waals surface area contributed by atoms with E-state index in [1.54, 1.807) is 32.7 Å². The van der Waals surface area contributed by atoms with E-state index in [0.717, 1.165) is 18.4 Å². The standard InChI is InChI=1S/C13H21NO3/c1-5-13(6-2,17-4)12(15)10-7-11(16-3)9-14-8-10/h7-9,12,15H,5-6H2,1-4H3. The highest BCUT2D eigenvalue weighted by atomic mass is 16.5. The molecule has 1 N–H and O–H groups in total. The molecule has 0 amide bonds. The molecule has 0 spiro atoms. The van der Waals surface area contributed by atoms with E-state index in [1.807, 2.05) is 13.8 Å². The van der Waals surface area contributed by atoms with Crippen molar-refractivity contribution in [3.8, 4) is 5.75 Å². The SMILES string of the molecule is CCC(CC)(OC)C(O)c1cncc(OC)c1. The first-order valence-corrected chi connectivity index (χ1v) is 5.85. The van der Waals surface area contributed by atoms with Gasteiger partial charge in [0.05, 0.1) is 18.9 Å². The topological polar surface area (TPSA) is 51.6 Å². The van der Waals surface area contributed by atoms with E-state index < -0.39 is 11.7 Å². The van der Waals surface area contributed by atoms with Crippen molar-refractivity contribution in [3.63, 3.8) is 0 Å². The Morgan fingerprint density at radius 3 is 2.41 bits per heavy atom. The molecule has 0 saturated heterocycles. The second kappa shape index (κ2) is 5.98. The third-order valence-electron chi connectivity index (χ3n) is 3.39. The zero-order chi connectivity index (χ0) is 12.9. The molecule has 0 aliphatic carbocycles. The van der Waals surface area contributed by atoms with Crippen molar-refractivity contribution in [2.75, 3.05) is 14.2 Å². The molecule has 0 bridgehead atoms. The summed E-state index contributed by atoms with van der Waals surface area (Å²) in [4.78, 5) is 4.05. The molecule has 0 saturated carbocycles. The summed E-state index contributed by atoms with van der Waals surface area (Å²) in [5, 5.41) is 10.4. The first-order valence-electron chi connectivity index (χ1n) is 5.85. The second-order valence-electron chi connectivity index (χ2n) is 4.04. The first-order chi connectivity index (χ1) is 8.13. The summed E-state index contributed by atoms with van der Waals surface area (Å²) >= 11 is 0. The van der Waals surface area contributed by atoms with E-state index in [-0.39, 0.29) is 0 Å². The smallest absolute Gasteiger partial charge is 0.137 e. The van der Waals surface area contributed by atoms with Gasteiger partial charge in [0.15, 0.2) is 0 Å². The van der Waals surface area contributed by atoms with E-state index in [1.165, 1.54) is 0 Å². The monoisotopic (exact) mass is 239 g/mol. The van der Waals surface area contributed by atoms with Crippen LogP contribution < -0.4 is 4.74 Å². The van der Waals surface area contributed by atoms with Crippen LogP contribution in [0.2, 0.25) is 0 Å². The number of aliphatic hydroxyl groups is 1. The van der Waals surface area contributed by atoms with Crippen molar-refractivity contribution in [1.82, 2.24) is 4.98 Å². The molecule has 0 radical (unpaired) electrons. The number of ether oxygens (including phenoxy) is 2. The Bertz CT molecular complexity index is 342. The molecule has 1 rings (SSSR count). The van der Waals surface area contributed by atoms with Crippen LogP contribution in [0, 0.1) is 0 Å². The molecule has 0 aliphatic heterocycles. The fourth-order valence-electron chi connectivity index (χ4n) is 2.04. The highest BCUT2D eigenvalue weighted by Crippen LogP contribution is 2.35. The normalized spacial score (nSPS) is 13.5. The van der Waals surface area contributed by atoms with Gasteiger partial charge < -0.3 is 14.6 Å². The second-order valence-corrected chi connectivity index (χ2v) is 4.04. The van der Waals surface area contributed by atoms with Gasteiger partial charge in [-0.1, -0.05) is 13.8 Å². The van der Waals surface area contributed by atoms with Crippen molar-refractivity contribution >= 4 is 0 Å². The number of nitrogens with zero attached hydrogens (tertiary/aromatic N) is 1. The number of hydrogen-bond donors (Lipinski definition) is 1. The maximum absolute atomic E-state index is 10.4. The molecule has 0 aliphatic rings. The highest BCUT2D eigenvalue weighted by molar-refractivity contribution is 5.26. The number of pyridine rings is 1. The van der Waals surface area contributed by atoms with Gasteiger partial charge in [-0.3, -0.25) is 4.98 Å². The van der Waals surface area contributed by atoms with Gasteiger partial charge in [0, 0.05) is 18.9 Å². The van der Waals surface area contributed by atoms with Crippen LogP contribution in [0.15, 0.2) is 18.5 Å². The maximum atomic E-state index is 10.4. The van der Waals surface area contributed by atoms with Gasteiger partial charge in [-0.25, -0.2) is 0 Å². The molecule has 4 heteroatoms. The third-order valence-corrected chi connectivity index (χ3v) is 3.39. The molecular formula is C13H21NO3. The number of hydrogen-bond acceptors (Lipinski definition) is 4. The Labute approximate surface area is 103 Å². The number of rotatable bonds is 6. The molecule has 1 aromatic heterocycles. The van der Waals surface area contributed by atoms with Crippen LogP contribution in [0.3, 0.4) is 0 Å². The van der Waals surface area contributed by atoms with Crippen LogP contribution in [-0.2, 0) is 4.74 Å². The van der Waals surface area contributed by atoms with Crippen LogP contribution >= 0.6 is 0 Å². The van der Waals surface area contributed by atoms with Gasteiger partial charge in [-0.2, -0.15) is 0 Å². The molecule has 1 aromatic rings. The van der Waals surface area contributed by atoms with E-state index in [0.29, 0.717) is 5.75 Å². The van der Waals surface area contributed by atoms with Gasteiger partial charge in [0.2, 0.25) is 0 Å². The summed E-state index contributed by atoms with van der Waals surface area (Å²) < 4.78 is 10.6. The summed E-state index contributed by atoms with van der Waals surface area (Å²) in [6.45, 7) is 4.01. The largest absolute Gasteiger partial charge is 0.495 e. The predicted octanol–water partition coefficient (Wildman–Crippen LogP) is 2.33. The van der Waals surface area contributed by atoms with Crippen molar-refractivity contribution in [2.45, 2.75) is 38.4 Å². The summed E-state index contributed by atoms with van der Waals surface area (Å²) in [7, 11) is 3.21. The van der Waals surface area contributed by atoms with Crippen molar-refractivity contribution < 1.29 is 14.6 Å². The van der Waals surface area contributed by atoms with Crippen LogP contribution in [0.4, 0.5) is 0 Å². The van der Waals surface area contributed by atoms with Crippen LogP contribution in [0.1, 0.15) is 38.4 Å². The predicted molar refractivity (Wildman–Crippen MR) is 66.1 cm³/mol. The number of aromatic nitrogens is 1. The minimum absolute atomic E-state index is 0.561. The Morgan fingerprint density at radius 2 is 1.94 bits per heavy atom. The minimum atomic E-state index is -0.704. The fourth-order valence-corrected chi connectivity index (χ4v) is 2.04. The van der Waals surface area contributed by atoms with Crippen LogP contribution in [0.25, 0.3) is 0 Å². The number of methoxy groups -OCH3 is 2. The molecular weight excluding hydrogens is 218 g/mol. The molecule has 0 aromatic carbocycles. The molecule has 17 heavy (non-hydrogen) atoms. The molecule has 96 valence electrons. The fraction of sp³-hybridized carbons (Fsp3) is 0.615. The quantitative estimate of drug-likeness (QED) is 0.827. The van der Waals surface area contributed by atoms with E-state index in [9.17, 15) is 5.11 Å². The summed E-state index contributed by atoms with van der Waals surface area (Å²) in [6.07, 6.45) is 4.02. The van der Waals surface area contributed by atoms with Gasteiger partial charge in [-0.05, 0) is 18.9 Å². The Kier molecular flexibility index (Phi) is 4.90. The summed E-state index contributed by atoms with van der Waals surface area (Å²) in [5.74, 6) is 0.638. The van der Waals surface area contributed by atoms with Gasteiger partial charge >= 0.3 is 0 Å².